The number of carbonyl (C=O) groups excluding carboxylic acids is 2. The Bertz CT molecular complexity index is 746. The molecule has 3 rings (SSSR count). The van der Waals surface area contributed by atoms with Crippen molar-refractivity contribution in [3.8, 4) is 0 Å². The van der Waals surface area contributed by atoms with Crippen LogP contribution in [-0.2, 0) is 15.7 Å². The van der Waals surface area contributed by atoms with Crippen molar-refractivity contribution in [1.82, 2.24) is 0 Å². The maximum absolute atomic E-state index is 14.4. The summed E-state index contributed by atoms with van der Waals surface area (Å²) in [6.45, 7) is 0. The second-order valence-electron chi connectivity index (χ2n) is 7.56. The summed E-state index contributed by atoms with van der Waals surface area (Å²) in [5.74, 6) is -13.6. The molecule has 2 saturated carbocycles. The van der Waals surface area contributed by atoms with Gasteiger partial charge in [-0.1, -0.05) is 0 Å². The van der Waals surface area contributed by atoms with Gasteiger partial charge in [0.25, 0.3) is 0 Å². The average molecular weight is 548 g/mol. The van der Waals surface area contributed by atoms with E-state index in [-0.39, 0.29) is 0 Å². The van der Waals surface area contributed by atoms with Crippen LogP contribution in [0.5, 0.6) is 0 Å². The number of rotatable bonds is 5. The van der Waals surface area contributed by atoms with Gasteiger partial charge in [0.1, 0.15) is 0 Å². The Hall–Kier alpha value is -1.46. The van der Waals surface area contributed by atoms with Crippen LogP contribution in [-0.4, -0.2) is 11.9 Å². The SMILES string of the molecule is O=C(OI(OC(=O)C1CCCCC1)c1c(F)c(F)c(F)c(F)c1F)C1CCCCC1. The Kier molecular flexibility index (Phi) is 7.92. The van der Waals surface area contributed by atoms with Crippen LogP contribution in [0.15, 0.2) is 0 Å². The van der Waals surface area contributed by atoms with Gasteiger partial charge in [-0.2, -0.15) is 0 Å². The van der Waals surface area contributed by atoms with E-state index in [0.717, 1.165) is 38.5 Å². The molecular weight excluding hydrogens is 526 g/mol. The first-order chi connectivity index (χ1) is 14.3. The van der Waals surface area contributed by atoms with Crippen LogP contribution >= 0.6 is 20.6 Å². The number of halogens is 6. The zero-order valence-corrected chi connectivity index (χ0v) is 18.3. The van der Waals surface area contributed by atoms with E-state index in [1.165, 1.54) is 0 Å². The van der Waals surface area contributed by atoms with Gasteiger partial charge in [0.15, 0.2) is 0 Å². The summed E-state index contributed by atoms with van der Waals surface area (Å²) in [7, 11) is 0. The first-order valence-electron chi connectivity index (χ1n) is 9.97. The van der Waals surface area contributed by atoms with Crippen molar-refractivity contribution in [3.05, 3.63) is 32.7 Å². The molecule has 1 aromatic carbocycles. The molecule has 30 heavy (non-hydrogen) atoms. The van der Waals surface area contributed by atoms with Crippen LogP contribution in [0.2, 0.25) is 0 Å². The molecule has 0 radical (unpaired) electrons. The van der Waals surface area contributed by atoms with E-state index in [4.69, 9.17) is 6.13 Å². The molecule has 10 heteroatoms. The molecule has 0 heterocycles. The van der Waals surface area contributed by atoms with Crippen LogP contribution < -0.4 is 0 Å². The molecule has 0 amide bonds. The van der Waals surface area contributed by atoms with Crippen LogP contribution in [0, 0.1) is 44.5 Å². The molecule has 0 aliphatic heterocycles. The Morgan fingerprint density at radius 3 is 1.30 bits per heavy atom. The Balaban J connectivity index is 1.91. The molecule has 2 aliphatic carbocycles. The van der Waals surface area contributed by atoms with Gasteiger partial charge in [-0.05, 0) is 0 Å². The third kappa shape index (κ3) is 5.05. The van der Waals surface area contributed by atoms with Crippen molar-refractivity contribution >= 4 is 32.6 Å². The van der Waals surface area contributed by atoms with E-state index in [1.807, 2.05) is 0 Å². The second kappa shape index (κ2) is 10.2. The first kappa shape index (κ1) is 23.2. The van der Waals surface area contributed by atoms with Crippen molar-refractivity contribution in [2.45, 2.75) is 64.2 Å². The molecule has 0 unspecified atom stereocenters. The fourth-order valence-corrected chi connectivity index (χ4v) is 7.03. The van der Waals surface area contributed by atoms with Gasteiger partial charge in [-0.15, -0.1) is 0 Å². The maximum atomic E-state index is 14.4. The van der Waals surface area contributed by atoms with Gasteiger partial charge >= 0.3 is 179 Å². The van der Waals surface area contributed by atoms with E-state index < -0.39 is 77.1 Å². The van der Waals surface area contributed by atoms with Crippen LogP contribution in [0.1, 0.15) is 64.2 Å². The Labute approximate surface area is 179 Å². The third-order valence-corrected chi connectivity index (χ3v) is 8.98. The predicted octanol–water partition coefficient (Wildman–Crippen LogP) is 6.14. The van der Waals surface area contributed by atoms with Gasteiger partial charge in [0, 0.05) is 0 Å². The Morgan fingerprint density at radius 2 is 0.933 bits per heavy atom. The number of benzene rings is 1. The molecule has 0 saturated heterocycles. The van der Waals surface area contributed by atoms with Gasteiger partial charge in [0.2, 0.25) is 0 Å². The van der Waals surface area contributed by atoms with Crippen LogP contribution in [0.4, 0.5) is 22.0 Å². The third-order valence-electron chi connectivity index (χ3n) is 5.48. The van der Waals surface area contributed by atoms with Crippen LogP contribution in [0.3, 0.4) is 0 Å². The molecule has 2 aliphatic rings. The van der Waals surface area contributed by atoms with E-state index in [0.29, 0.717) is 25.7 Å². The van der Waals surface area contributed by atoms with Crippen molar-refractivity contribution in [2.75, 3.05) is 0 Å². The molecule has 168 valence electrons. The summed E-state index contributed by atoms with van der Waals surface area (Å²) < 4.78 is 78.7. The van der Waals surface area contributed by atoms with E-state index in [2.05, 4.69) is 0 Å². The first-order valence-corrected chi connectivity index (χ1v) is 12.8. The minimum atomic E-state index is -4.33. The summed E-state index contributed by atoms with van der Waals surface area (Å²) in [4.78, 5) is 25.0. The fourth-order valence-electron chi connectivity index (χ4n) is 3.75. The zero-order valence-electron chi connectivity index (χ0n) is 16.1. The quantitative estimate of drug-likeness (QED) is 0.192. The van der Waals surface area contributed by atoms with E-state index in [1.54, 1.807) is 0 Å². The molecule has 0 aromatic heterocycles. The number of hydrogen-bond donors (Lipinski definition) is 0. The molecule has 1 aromatic rings. The topological polar surface area (TPSA) is 52.6 Å². The zero-order chi connectivity index (χ0) is 21.8. The fraction of sp³-hybridized carbons (Fsp3) is 0.600. The normalized spacial score (nSPS) is 18.8. The molecule has 0 N–H and O–H groups in total. The standard InChI is InChI=1S/C20H22F5IO4/c21-13-14(22)16(24)18(17(25)15(13)23)26(29-19(27)11-7-3-1-4-8-11)30-20(28)12-9-5-2-6-10-12/h11-12H,1-10H2. The van der Waals surface area contributed by atoms with E-state index >= 15 is 0 Å². The molecule has 2 fully saturated rings. The van der Waals surface area contributed by atoms with E-state index in [9.17, 15) is 31.5 Å². The predicted molar refractivity (Wildman–Crippen MR) is 104 cm³/mol. The summed E-state index contributed by atoms with van der Waals surface area (Å²) in [6.07, 6.45) is 6.90. The van der Waals surface area contributed by atoms with Gasteiger partial charge < -0.3 is 0 Å². The molecular formula is C20H22F5IO4. The summed E-state index contributed by atoms with van der Waals surface area (Å²) in [5, 5.41) is 0. The van der Waals surface area contributed by atoms with Gasteiger partial charge in [-0.25, -0.2) is 0 Å². The monoisotopic (exact) mass is 548 g/mol. The van der Waals surface area contributed by atoms with Crippen molar-refractivity contribution in [1.29, 1.82) is 0 Å². The second-order valence-corrected chi connectivity index (χ2v) is 10.8. The minimum absolute atomic E-state index is 0.497. The van der Waals surface area contributed by atoms with Gasteiger partial charge in [0.05, 0.1) is 0 Å². The number of hydrogen-bond acceptors (Lipinski definition) is 4. The molecule has 0 atom stereocenters. The Morgan fingerprint density at radius 1 is 0.600 bits per heavy atom. The van der Waals surface area contributed by atoms with Gasteiger partial charge in [-0.3, -0.25) is 0 Å². The molecule has 4 nitrogen and oxygen atoms in total. The summed E-state index contributed by atoms with van der Waals surface area (Å²) >= 11 is -4.33. The number of carbonyl (C=O) groups is 2. The molecule has 0 bridgehead atoms. The molecule has 0 spiro atoms. The average Bonchev–Trinajstić information content (AvgIpc) is 2.77. The van der Waals surface area contributed by atoms with Crippen molar-refractivity contribution in [2.24, 2.45) is 11.8 Å². The van der Waals surface area contributed by atoms with Crippen molar-refractivity contribution in [3.63, 3.8) is 0 Å². The summed E-state index contributed by atoms with van der Waals surface area (Å²) in [5.41, 5.74) is 0. The van der Waals surface area contributed by atoms with Crippen LogP contribution in [0.25, 0.3) is 0 Å². The summed E-state index contributed by atoms with van der Waals surface area (Å²) in [6, 6.07) is 0. The van der Waals surface area contributed by atoms with Crippen molar-refractivity contribution < 1.29 is 37.7 Å².